The zero-order valence-corrected chi connectivity index (χ0v) is 16.5. The second kappa shape index (κ2) is 6.96. The zero-order valence-electron chi connectivity index (χ0n) is 15.7. The average Bonchev–Trinajstić information content (AvgIpc) is 3.02. The molecule has 1 fully saturated rings. The van der Waals surface area contributed by atoms with Crippen LogP contribution in [0.5, 0.6) is 0 Å². The fourth-order valence-corrected chi connectivity index (χ4v) is 4.31. The van der Waals surface area contributed by atoms with E-state index < -0.39 is 10.0 Å². The first-order valence-corrected chi connectivity index (χ1v) is 10.3. The first-order chi connectivity index (χ1) is 12.1. The van der Waals surface area contributed by atoms with E-state index >= 15 is 0 Å². The molecular weight excluding hydrogens is 348 g/mol. The molecule has 1 N–H and O–H groups in total. The van der Waals surface area contributed by atoms with Crippen LogP contribution in [0.4, 0.5) is 5.82 Å². The van der Waals surface area contributed by atoms with Gasteiger partial charge in [-0.2, -0.15) is 5.10 Å². The molecule has 140 valence electrons. The molecule has 1 atom stereocenters. The van der Waals surface area contributed by atoms with Crippen LogP contribution in [-0.4, -0.2) is 37.7 Å². The van der Waals surface area contributed by atoms with Gasteiger partial charge in [-0.1, -0.05) is 32.9 Å². The SMILES string of the molecule is Cc1ccc(N2CC[C@@H](NS(=O)(=O)c3ccc(C(C)(C)C)cc3)C2)nn1. The van der Waals surface area contributed by atoms with Gasteiger partial charge in [0.1, 0.15) is 0 Å². The van der Waals surface area contributed by atoms with Crippen LogP contribution >= 0.6 is 0 Å². The van der Waals surface area contributed by atoms with Crippen molar-refractivity contribution in [1.82, 2.24) is 14.9 Å². The predicted octanol–water partition coefficient (Wildman–Crippen LogP) is 2.64. The van der Waals surface area contributed by atoms with Gasteiger partial charge in [0.05, 0.1) is 10.6 Å². The van der Waals surface area contributed by atoms with E-state index in [0.717, 1.165) is 30.0 Å². The number of anilines is 1. The van der Waals surface area contributed by atoms with Crippen LogP contribution in [0.25, 0.3) is 0 Å². The van der Waals surface area contributed by atoms with Gasteiger partial charge in [-0.05, 0) is 48.6 Å². The summed E-state index contributed by atoms with van der Waals surface area (Å²) in [7, 11) is -3.53. The van der Waals surface area contributed by atoms with E-state index in [1.54, 1.807) is 12.1 Å². The van der Waals surface area contributed by atoms with Crippen LogP contribution in [0, 0.1) is 6.92 Å². The van der Waals surface area contributed by atoms with Gasteiger partial charge >= 0.3 is 0 Å². The molecule has 1 aliphatic heterocycles. The molecule has 1 aromatic carbocycles. The van der Waals surface area contributed by atoms with Crippen molar-refractivity contribution in [2.24, 2.45) is 0 Å². The normalized spacial score (nSPS) is 18.3. The van der Waals surface area contributed by atoms with Crippen LogP contribution in [0.1, 0.15) is 38.4 Å². The molecule has 2 heterocycles. The Hall–Kier alpha value is -1.99. The Balaban J connectivity index is 1.67. The molecule has 2 aromatic rings. The number of benzene rings is 1. The number of nitrogens with zero attached hydrogens (tertiary/aromatic N) is 3. The number of rotatable bonds is 4. The van der Waals surface area contributed by atoms with Crippen molar-refractivity contribution in [3.63, 3.8) is 0 Å². The Kier molecular flexibility index (Phi) is 5.03. The molecule has 0 radical (unpaired) electrons. The van der Waals surface area contributed by atoms with E-state index in [1.807, 2.05) is 31.2 Å². The van der Waals surface area contributed by atoms with E-state index in [4.69, 9.17) is 0 Å². The van der Waals surface area contributed by atoms with Crippen molar-refractivity contribution in [3.05, 3.63) is 47.7 Å². The molecule has 0 amide bonds. The summed E-state index contributed by atoms with van der Waals surface area (Å²) >= 11 is 0. The molecule has 3 rings (SSSR count). The van der Waals surface area contributed by atoms with E-state index in [-0.39, 0.29) is 11.5 Å². The van der Waals surface area contributed by atoms with Gasteiger partial charge in [0.25, 0.3) is 0 Å². The molecule has 1 aliphatic rings. The Morgan fingerprint density at radius 1 is 1.08 bits per heavy atom. The Morgan fingerprint density at radius 3 is 2.35 bits per heavy atom. The summed E-state index contributed by atoms with van der Waals surface area (Å²) in [5, 5.41) is 8.25. The summed E-state index contributed by atoms with van der Waals surface area (Å²) in [4.78, 5) is 2.36. The molecule has 0 spiro atoms. The molecule has 0 saturated carbocycles. The van der Waals surface area contributed by atoms with Gasteiger partial charge in [-0.15, -0.1) is 5.10 Å². The van der Waals surface area contributed by atoms with Gasteiger partial charge in [0, 0.05) is 19.1 Å². The highest BCUT2D eigenvalue weighted by molar-refractivity contribution is 7.89. The maximum absolute atomic E-state index is 12.7. The van der Waals surface area contributed by atoms with E-state index in [0.29, 0.717) is 11.4 Å². The minimum atomic E-state index is -3.53. The molecule has 1 saturated heterocycles. The zero-order chi connectivity index (χ0) is 18.9. The molecule has 26 heavy (non-hydrogen) atoms. The van der Waals surface area contributed by atoms with Crippen LogP contribution < -0.4 is 9.62 Å². The highest BCUT2D eigenvalue weighted by Gasteiger charge is 2.28. The van der Waals surface area contributed by atoms with Crippen LogP contribution in [0.15, 0.2) is 41.3 Å². The largest absolute Gasteiger partial charge is 0.353 e. The quantitative estimate of drug-likeness (QED) is 0.890. The van der Waals surface area contributed by atoms with Gasteiger partial charge in [0.2, 0.25) is 10.0 Å². The lowest BCUT2D eigenvalue weighted by atomic mass is 9.87. The maximum Gasteiger partial charge on any atom is 0.240 e. The third-order valence-electron chi connectivity index (χ3n) is 4.65. The van der Waals surface area contributed by atoms with Crippen molar-refractivity contribution in [2.75, 3.05) is 18.0 Å². The minimum Gasteiger partial charge on any atom is -0.353 e. The average molecular weight is 375 g/mol. The lowest BCUT2D eigenvalue weighted by Gasteiger charge is -2.20. The van der Waals surface area contributed by atoms with Crippen LogP contribution in [0.2, 0.25) is 0 Å². The van der Waals surface area contributed by atoms with Crippen molar-refractivity contribution in [2.45, 2.75) is 50.5 Å². The summed E-state index contributed by atoms with van der Waals surface area (Å²) in [6, 6.07) is 10.8. The summed E-state index contributed by atoms with van der Waals surface area (Å²) in [6.07, 6.45) is 0.745. The summed E-state index contributed by atoms with van der Waals surface area (Å²) in [5.74, 6) is 0.784. The molecule has 1 aromatic heterocycles. The number of hydrogen-bond donors (Lipinski definition) is 1. The fourth-order valence-electron chi connectivity index (χ4n) is 3.05. The summed E-state index contributed by atoms with van der Waals surface area (Å²) in [5.41, 5.74) is 1.97. The molecular formula is C19H26N4O2S. The Morgan fingerprint density at radius 2 is 1.77 bits per heavy atom. The minimum absolute atomic E-state index is 0.00323. The standard InChI is InChI=1S/C19H26N4O2S/c1-14-5-10-18(21-20-14)23-12-11-16(13-23)22-26(24,25)17-8-6-15(7-9-17)19(2,3)4/h5-10,16,22H,11-13H2,1-4H3/t16-/m1/s1. The first kappa shape index (κ1) is 18.8. The van der Waals surface area contributed by atoms with Crippen molar-refractivity contribution in [1.29, 1.82) is 0 Å². The monoisotopic (exact) mass is 374 g/mol. The van der Waals surface area contributed by atoms with Crippen molar-refractivity contribution < 1.29 is 8.42 Å². The second-order valence-corrected chi connectivity index (χ2v) is 9.57. The smallest absolute Gasteiger partial charge is 0.240 e. The fraction of sp³-hybridized carbons (Fsp3) is 0.474. The lowest BCUT2D eigenvalue weighted by Crippen LogP contribution is -2.37. The topological polar surface area (TPSA) is 75.2 Å². The lowest BCUT2D eigenvalue weighted by molar-refractivity contribution is 0.560. The first-order valence-electron chi connectivity index (χ1n) is 8.83. The van der Waals surface area contributed by atoms with Crippen molar-refractivity contribution in [3.8, 4) is 0 Å². The number of aromatic nitrogens is 2. The molecule has 0 aliphatic carbocycles. The van der Waals surface area contributed by atoms with Crippen LogP contribution in [-0.2, 0) is 15.4 Å². The number of aryl methyl sites for hydroxylation is 1. The van der Waals surface area contributed by atoms with Crippen LogP contribution in [0.3, 0.4) is 0 Å². The van der Waals surface area contributed by atoms with Gasteiger partial charge in [-0.3, -0.25) is 0 Å². The van der Waals surface area contributed by atoms with Gasteiger partial charge in [-0.25, -0.2) is 13.1 Å². The van der Waals surface area contributed by atoms with E-state index in [1.165, 1.54) is 0 Å². The number of nitrogens with one attached hydrogen (secondary N) is 1. The predicted molar refractivity (Wildman–Crippen MR) is 103 cm³/mol. The third-order valence-corrected chi connectivity index (χ3v) is 6.18. The van der Waals surface area contributed by atoms with Gasteiger partial charge < -0.3 is 4.90 Å². The highest BCUT2D eigenvalue weighted by atomic mass is 32.2. The Bertz CT molecular complexity index is 856. The third kappa shape index (κ3) is 4.22. The second-order valence-electron chi connectivity index (χ2n) is 7.86. The summed E-state index contributed by atoms with van der Waals surface area (Å²) in [6.45, 7) is 9.56. The van der Waals surface area contributed by atoms with E-state index in [9.17, 15) is 8.42 Å². The molecule has 7 heteroatoms. The molecule has 0 unspecified atom stereocenters. The number of hydrogen-bond acceptors (Lipinski definition) is 5. The number of sulfonamides is 1. The Labute approximate surface area is 155 Å². The van der Waals surface area contributed by atoms with Gasteiger partial charge in [0.15, 0.2) is 5.82 Å². The maximum atomic E-state index is 12.7. The van der Waals surface area contributed by atoms with E-state index in [2.05, 4.69) is 40.6 Å². The van der Waals surface area contributed by atoms with Crippen molar-refractivity contribution >= 4 is 15.8 Å². The molecule has 0 bridgehead atoms. The molecule has 6 nitrogen and oxygen atoms in total. The summed E-state index contributed by atoms with van der Waals surface area (Å²) < 4.78 is 28.2. The highest BCUT2D eigenvalue weighted by Crippen LogP contribution is 2.24.